The molecule has 0 aliphatic carbocycles. The van der Waals surface area contributed by atoms with Crippen molar-refractivity contribution < 1.29 is 9.84 Å². The second-order valence-electron chi connectivity index (χ2n) is 3.22. The van der Waals surface area contributed by atoms with Crippen molar-refractivity contribution in [2.24, 2.45) is 0 Å². The van der Waals surface area contributed by atoms with E-state index in [0.717, 1.165) is 5.69 Å². The number of rotatable bonds is 6. The fraction of sp³-hybridized carbons (Fsp3) is 0.667. The first kappa shape index (κ1) is 11.0. The summed E-state index contributed by atoms with van der Waals surface area (Å²) in [5.74, 6) is 0. The van der Waals surface area contributed by atoms with Gasteiger partial charge < -0.3 is 15.2 Å². The van der Waals surface area contributed by atoms with Gasteiger partial charge in [0.05, 0.1) is 31.6 Å². The van der Waals surface area contributed by atoms with Gasteiger partial charge in [0.25, 0.3) is 0 Å². The molecule has 14 heavy (non-hydrogen) atoms. The molecule has 2 N–H and O–H groups in total. The van der Waals surface area contributed by atoms with Gasteiger partial charge >= 0.3 is 0 Å². The summed E-state index contributed by atoms with van der Waals surface area (Å²) in [6.07, 6.45) is 3.60. The van der Waals surface area contributed by atoms with E-state index in [-0.39, 0.29) is 12.6 Å². The summed E-state index contributed by atoms with van der Waals surface area (Å²) in [4.78, 5) is 0. The quantitative estimate of drug-likeness (QED) is 0.693. The molecule has 1 unspecified atom stereocenters. The van der Waals surface area contributed by atoms with E-state index < -0.39 is 0 Å². The average Bonchev–Trinajstić information content (AvgIpc) is 2.53. The van der Waals surface area contributed by atoms with Gasteiger partial charge in [0.15, 0.2) is 0 Å². The van der Waals surface area contributed by atoms with Crippen molar-refractivity contribution in [3.05, 3.63) is 12.4 Å². The molecule has 0 aliphatic heterocycles. The Kier molecular flexibility index (Phi) is 4.42. The number of nitrogens with one attached hydrogen (secondary N) is 1. The lowest BCUT2D eigenvalue weighted by atomic mass is 10.3. The van der Waals surface area contributed by atoms with E-state index in [2.05, 4.69) is 10.4 Å². The van der Waals surface area contributed by atoms with Gasteiger partial charge in [0.2, 0.25) is 0 Å². The topological polar surface area (TPSA) is 59.3 Å². The van der Waals surface area contributed by atoms with Crippen LogP contribution in [0, 0.1) is 0 Å². The van der Waals surface area contributed by atoms with Crippen LogP contribution in [0.5, 0.6) is 0 Å². The van der Waals surface area contributed by atoms with Crippen molar-refractivity contribution in [3.63, 3.8) is 0 Å². The number of aromatic nitrogens is 2. The lowest BCUT2D eigenvalue weighted by Crippen LogP contribution is -2.20. The summed E-state index contributed by atoms with van der Waals surface area (Å²) >= 11 is 0. The standard InChI is InChI=1S/C9H17N3O2/c1-8(7-14-2)11-9-5-10-12(6-9)3-4-13/h5-6,8,11,13H,3-4,7H2,1-2H3. The Balaban J connectivity index is 2.42. The van der Waals surface area contributed by atoms with Crippen molar-refractivity contribution >= 4 is 5.69 Å². The fourth-order valence-corrected chi connectivity index (χ4v) is 1.24. The second kappa shape index (κ2) is 5.62. The molecule has 0 fully saturated rings. The zero-order chi connectivity index (χ0) is 10.4. The zero-order valence-corrected chi connectivity index (χ0v) is 8.60. The van der Waals surface area contributed by atoms with Crippen LogP contribution >= 0.6 is 0 Å². The van der Waals surface area contributed by atoms with Crippen LogP contribution in [-0.4, -0.2) is 41.3 Å². The van der Waals surface area contributed by atoms with E-state index in [9.17, 15) is 0 Å². The van der Waals surface area contributed by atoms with Crippen molar-refractivity contribution in [2.75, 3.05) is 25.6 Å². The molecule has 0 radical (unpaired) electrons. The van der Waals surface area contributed by atoms with Gasteiger partial charge in [-0.05, 0) is 6.92 Å². The lowest BCUT2D eigenvalue weighted by molar-refractivity contribution is 0.190. The van der Waals surface area contributed by atoms with Crippen molar-refractivity contribution in [1.29, 1.82) is 0 Å². The largest absolute Gasteiger partial charge is 0.394 e. The van der Waals surface area contributed by atoms with E-state index in [0.29, 0.717) is 13.2 Å². The van der Waals surface area contributed by atoms with Crippen LogP contribution < -0.4 is 5.32 Å². The monoisotopic (exact) mass is 199 g/mol. The van der Waals surface area contributed by atoms with E-state index in [1.54, 1.807) is 18.0 Å². The van der Waals surface area contributed by atoms with E-state index >= 15 is 0 Å². The minimum absolute atomic E-state index is 0.106. The summed E-state index contributed by atoms with van der Waals surface area (Å²) in [5, 5.41) is 16.0. The number of ether oxygens (including phenoxy) is 1. The molecule has 0 saturated carbocycles. The van der Waals surface area contributed by atoms with Gasteiger partial charge in [0, 0.05) is 19.3 Å². The summed E-state index contributed by atoms with van der Waals surface area (Å²) in [6, 6.07) is 0.256. The molecule has 1 rings (SSSR count). The number of hydrogen-bond acceptors (Lipinski definition) is 4. The summed E-state index contributed by atoms with van der Waals surface area (Å²) in [6.45, 7) is 3.33. The average molecular weight is 199 g/mol. The molecule has 0 aliphatic rings. The highest BCUT2D eigenvalue weighted by molar-refractivity contribution is 5.39. The molecule has 1 heterocycles. The highest BCUT2D eigenvalue weighted by atomic mass is 16.5. The third-order valence-corrected chi connectivity index (χ3v) is 1.79. The van der Waals surface area contributed by atoms with Crippen molar-refractivity contribution in [2.45, 2.75) is 19.5 Å². The predicted octanol–water partition coefficient (Wildman–Crippen LogP) is 0.322. The fourth-order valence-electron chi connectivity index (χ4n) is 1.24. The van der Waals surface area contributed by atoms with Gasteiger partial charge in [-0.2, -0.15) is 5.10 Å². The minimum atomic E-state index is 0.106. The van der Waals surface area contributed by atoms with Gasteiger partial charge in [-0.3, -0.25) is 4.68 Å². The van der Waals surface area contributed by atoms with Gasteiger partial charge in [-0.1, -0.05) is 0 Å². The number of nitrogens with zero attached hydrogens (tertiary/aromatic N) is 2. The van der Waals surface area contributed by atoms with Crippen molar-refractivity contribution in [3.8, 4) is 0 Å². The van der Waals surface area contributed by atoms with E-state index in [1.165, 1.54) is 0 Å². The first-order valence-electron chi connectivity index (χ1n) is 4.65. The Labute approximate surface area is 83.7 Å². The van der Waals surface area contributed by atoms with Gasteiger partial charge in [0.1, 0.15) is 0 Å². The van der Waals surface area contributed by atoms with E-state index in [4.69, 9.17) is 9.84 Å². The highest BCUT2D eigenvalue weighted by Crippen LogP contribution is 2.06. The Morgan fingerprint density at radius 1 is 1.71 bits per heavy atom. The molecule has 1 atom stereocenters. The van der Waals surface area contributed by atoms with Crippen LogP contribution in [0.4, 0.5) is 5.69 Å². The molecular weight excluding hydrogens is 182 g/mol. The second-order valence-corrected chi connectivity index (χ2v) is 3.22. The first-order valence-corrected chi connectivity index (χ1v) is 4.65. The summed E-state index contributed by atoms with van der Waals surface area (Å²) in [5.41, 5.74) is 0.947. The molecule has 5 nitrogen and oxygen atoms in total. The molecule has 0 bridgehead atoms. The SMILES string of the molecule is COCC(C)Nc1cnn(CCO)c1. The Bertz CT molecular complexity index is 262. The van der Waals surface area contributed by atoms with Crippen LogP contribution in [-0.2, 0) is 11.3 Å². The Morgan fingerprint density at radius 2 is 2.50 bits per heavy atom. The lowest BCUT2D eigenvalue weighted by Gasteiger charge is -2.11. The number of hydrogen-bond donors (Lipinski definition) is 2. The molecule has 1 aromatic rings. The normalized spacial score (nSPS) is 12.8. The zero-order valence-electron chi connectivity index (χ0n) is 8.60. The number of aliphatic hydroxyl groups is 1. The van der Waals surface area contributed by atoms with E-state index in [1.807, 2.05) is 13.1 Å². The number of methoxy groups -OCH3 is 1. The third-order valence-electron chi connectivity index (χ3n) is 1.79. The molecule has 0 spiro atoms. The molecule has 0 saturated heterocycles. The number of anilines is 1. The van der Waals surface area contributed by atoms with Crippen molar-refractivity contribution in [1.82, 2.24) is 9.78 Å². The molecule has 1 aromatic heterocycles. The third kappa shape index (κ3) is 3.35. The highest BCUT2D eigenvalue weighted by Gasteiger charge is 2.02. The molecular formula is C9H17N3O2. The summed E-state index contributed by atoms with van der Waals surface area (Å²) < 4.78 is 6.70. The maximum Gasteiger partial charge on any atom is 0.0729 e. The minimum Gasteiger partial charge on any atom is -0.394 e. The number of aliphatic hydroxyl groups excluding tert-OH is 1. The Hall–Kier alpha value is -1.07. The smallest absolute Gasteiger partial charge is 0.0729 e. The molecule has 0 amide bonds. The van der Waals surface area contributed by atoms with Crippen LogP contribution in [0.1, 0.15) is 6.92 Å². The molecule has 80 valence electrons. The van der Waals surface area contributed by atoms with Crippen LogP contribution in [0.2, 0.25) is 0 Å². The maximum absolute atomic E-state index is 8.69. The maximum atomic E-state index is 8.69. The van der Waals surface area contributed by atoms with Gasteiger partial charge in [-0.15, -0.1) is 0 Å². The van der Waals surface area contributed by atoms with Gasteiger partial charge in [-0.25, -0.2) is 0 Å². The van der Waals surface area contributed by atoms with Crippen LogP contribution in [0.3, 0.4) is 0 Å². The molecule has 0 aromatic carbocycles. The predicted molar refractivity (Wildman–Crippen MR) is 54.3 cm³/mol. The Morgan fingerprint density at radius 3 is 3.14 bits per heavy atom. The summed E-state index contributed by atoms with van der Waals surface area (Å²) in [7, 11) is 1.67. The first-order chi connectivity index (χ1) is 6.76. The molecule has 5 heteroatoms. The van der Waals surface area contributed by atoms with Crippen LogP contribution in [0.15, 0.2) is 12.4 Å². The van der Waals surface area contributed by atoms with Crippen LogP contribution in [0.25, 0.3) is 0 Å².